The molecular formula is C13H15FN2O2. The van der Waals surface area contributed by atoms with Crippen molar-refractivity contribution >= 4 is 5.69 Å². The Morgan fingerprint density at radius 1 is 1.56 bits per heavy atom. The van der Waals surface area contributed by atoms with Crippen LogP contribution >= 0.6 is 0 Å². The first kappa shape index (κ1) is 12.7. The zero-order chi connectivity index (χ0) is 13.2. The molecule has 0 N–H and O–H groups in total. The van der Waals surface area contributed by atoms with Crippen LogP contribution in [0.15, 0.2) is 18.2 Å². The molecule has 18 heavy (non-hydrogen) atoms. The highest BCUT2D eigenvalue weighted by molar-refractivity contribution is 5.49. The Kier molecular flexibility index (Phi) is 3.39. The maximum absolute atomic E-state index is 13.6. The third-order valence-corrected chi connectivity index (χ3v) is 3.11. The van der Waals surface area contributed by atoms with Crippen LogP contribution in [0.3, 0.4) is 0 Å². The van der Waals surface area contributed by atoms with Crippen molar-refractivity contribution < 1.29 is 13.9 Å². The zero-order valence-electron chi connectivity index (χ0n) is 10.4. The Balaban J connectivity index is 2.12. The van der Waals surface area contributed by atoms with Gasteiger partial charge in [0.1, 0.15) is 5.41 Å². The van der Waals surface area contributed by atoms with Gasteiger partial charge in [-0.25, -0.2) is 4.39 Å². The quantitative estimate of drug-likeness (QED) is 0.817. The molecule has 1 aromatic carbocycles. The SMILES string of the molecule is COc1ccc(N(C)CC2(C#N)COC2)cc1F. The van der Waals surface area contributed by atoms with E-state index < -0.39 is 11.2 Å². The fourth-order valence-corrected chi connectivity index (χ4v) is 1.98. The highest BCUT2D eigenvalue weighted by Crippen LogP contribution is 2.30. The summed E-state index contributed by atoms with van der Waals surface area (Å²) in [6.07, 6.45) is 0. The van der Waals surface area contributed by atoms with Crippen molar-refractivity contribution in [2.24, 2.45) is 5.41 Å². The summed E-state index contributed by atoms with van der Waals surface area (Å²) in [6, 6.07) is 7.03. The van der Waals surface area contributed by atoms with Crippen LogP contribution in [0.25, 0.3) is 0 Å². The van der Waals surface area contributed by atoms with Crippen molar-refractivity contribution in [3.8, 4) is 11.8 Å². The van der Waals surface area contributed by atoms with Gasteiger partial charge in [0.05, 0.1) is 26.4 Å². The lowest BCUT2D eigenvalue weighted by atomic mass is 9.87. The Labute approximate surface area is 106 Å². The van der Waals surface area contributed by atoms with Gasteiger partial charge in [-0.3, -0.25) is 0 Å². The van der Waals surface area contributed by atoms with E-state index in [0.717, 1.165) is 5.69 Å². The van der Waals surface area contributed by atoms with Crippen LogP contribution < -0.4 is 9.64 Å². The van der Waals surface area contributed by atoms with Gasteiger partial charge in [-0.15, -0.1) is 0 Å². The average Bonchev–Trinajstić information content (AvgIpc) is 2.33. The number of benzene rings is 1. The first-order chi connectivity index (χ1) is 8.60. The molecule has 0 aromatic heterocycles. The number of nitrogens with zero attached hydrogens (tertiary/aromatic N) is 2. The Bertz CT molecular complexity index is 480. The van der Waals surface area contributed by atoms with E-state index in [1.54, 1.807) is 12.1 Å². The molecule has 4 nitrogen and oxygen atoms in total. The van der Waals surface area contributed by atoms with Gasteiger partial charge in [0.2, 0.25) is 0 Å². The molecule has 0 unspecified atom stereocenters. The molecule has 5 heteroatoms. The predicted octanol–water partition coefficient (Wildman–Crippen LogP) is 1.81. The number of hydrogen-bond acceptors (Lipinski definition) is 4. The molecule has 96 valence electrons. The number of methoxy groups -OCH3 is 1. The fourth-order valence-electron chi connectivity index (χ4n) is 1.98. The minimum atomic E-state index is -0.467. The van der Waals surface area contributed by atoms with Crippen molar-refractivity contribution in [1.29, 1.82) is 5.26 Å². The van der Waals surface area contributed by atoms with Gasteiger partial charge in [-0.2, -0.15) is 5.26 Å². The van der Waals surface area contributed by atoms with E-state index in [9.17, 15) is 4.39 Å². The minimum absolute atomic E-state index is 0.217. The summed E-state index contributed by atoms with van der Waals surface area (Å²) in [5.74, 6) is -0.188. The largest absolute Gasteiger partial charge is 0.494 e. The van der Waals surface area contributed by atoms with Crippen LogP contribution in [0, 0.1) is 22.6 Å². The highest BCUT2D eigenvalue weighted by atomic mass is 19.1. The molecule has 1 heterocycles. The Hall–Kier alpha value is -1.80. The molecule has 1 aliphatic heterocycles. The van der Waals surface area contributed by atoms with Crippen LogP contribution in [0.5, 0.6) is 5.75 Å². The van der Waals surface area contributed by atoms with Gasteiger partial charge in [0.15, 0.2) is 11.6 Å². The molecule has 1 fully saturated rings. The van der Waals surface area contributed by atoms with Crippen LogP contribution in [-0.4, -0.2) is 33.9 Å². The van der Waals surface area contributed by atoms with E-state index in [1.807, 2.05) is 11.9 Å². The van der Waals surface area contributed by atoms with Crippen molar-refractivity contribution in [1.82, 2.24) is 0 Å². The number of halogens is 1. The van der Waals surface area contributed by atoms with Crippen LogP contribution in [0.4, 0.5) is 10.1 Å². The van der Waals surface area contributed by atoms with E-state index in [1.165, 1.54) is 13.2 Å². The van der Waals surface area contributed by atoms with Gasteiger partial charge in [-0.1, -0.05) is 0 Å². The molecule has 1 saturated heterocycles. The summed E-state index contributed by atoms with van der Waals surface area (Å²) in [6.45, 7) is 1.40. The van der Waals surface area contributed by atoms with Crippen molar-refractivity contribution in [2.75, 3.05) is 38.8 Å². The number of rotatable bonds is 4. The topological polar surface area (TPSA) is 45.5 Å². The van der Waals surface area contributed by atoms with Crippen molar-refractivity contribution in [3.05, 3.63) is 24.0 Å². The lowest BCUT2D eigenvalue weighted by molar-refractivity contribution is -0.0716. The maximum Gasteiger partial charge on any atom is 0.167 e. The molecule has 0 bridgehead atoms. The van der Waals surface area contributed by atoms with E-state index in [-0.39, 0.29) is 5.75 Å². The lowest BCUT2D eigenvalue weighted by Crippen LogP contribution is -2.49. The Morgan fingerprint density at radius 3 is 2.72 bits per heavy atom. The predicted molar refractivity (Wildman–Crippen MR) is 65.1 cm³/mol. The van der Waals surface area contributed by atoms with Crippen LogP contribution in [-0.2, 0) is 4.74 Å². The third kappa shape index (κ3) is 2.24. The molecule has 0 saturated carbocycles. The fraction of sp³-hybridized carbons (Fsp3) is 0.462. The third-order valence-electron chi connectivity index (χ3n) is 3.11. The maximum atomic E-state index is 13.6. The van der Waals surface area contributed by atoms with E-state index in [0.29, 0.717) is 19.8 Å². The second kappa shape index (κ2) is 4.83. The molecule has 0 amide bonds. The summed E-state index contributed by atoms with van der Waals surface area (Å²) in [5, 5.41) is 9.12. The zero-order valence-corrected chi connectivity index (χ0v) is 10.4. The van der Waals surface area contributed by atoms with Crippen LogP contribution in [0.1, 0.15) is 0 Å². The lowest BCUT2D eigenvalue weighted by Gasteiger charge is -2.38. The number of ether oxygens (including phenoxy) is 2. The average molecular weight is 250 g/mol. The second-order valence-corrected chi connectivity index (χ2v) is 4.56. The number of nitriles is 1. The van der Waals surface area contributed by atoms with Gasteiger partial charge in [-0.05, 0) is 12.1 Å². The summed E-state index contributed by atoms with van der Waals surface area (Å²) in [5.41, 5.74) is 0.250. The van der Waals surface area contributed by atoms with E-state index >= 15 is 0 Å². The summed E-state index contributed by atoms with van der Waals surface area (Å²) in [7, 11) is 3.26. The summed E-state index contributed by atoms with van der Waals surface area (Å²) in [4.78, 5) is 1.86. The Morgan fingerprint density at radius 2 is 2.28 bits per heavy atom. The highest BCUT2D eigenvalue weighted by Gasteiger charge is 2.40. The van der Waals surface area contributed by atoms with Crippen LogP contribution in [0.2, 0.25) is 0 Å². The smallest absolute Gasteiger partial charge is 0.167 e. The van der Waals surface area contributed by atoms with Gasteiger partial charge < -0.3 is 14.4 Å². The normalized spacial score (nSPS) is 16.6. The monoisotopic (exact) mass is 250 g/mol. The molecule has 0 spiro atoms. The first-order valence-electron chi connectivity index (χ1n) is 5.64. The summed E-state index contributed by atoms with van der Waals surface area (Å²) < 4.78 is 23.5. The molecule has 0 atom stereocenters. The second-order valence-electron chi connectivity index (χ2n) is 4.56. The standard InChI is InChI=1S/C13H15FN2O2/c1-16(7-13(6-15)8-18-9-13)10-3-4-12(17-2)11(14)5-10/h3-5H,7-9H2,1-2H3. The number of anilines is 1. The van der Waals surface area contributed by atoms with Crippen molar-refractivity contribution in [2.45, 2.75) is 0 Å². The minimum Gasteiger partial charge on any atom is -0.494 e. The molecule has 0 radical (unpaired) electrons. The molecule has 1 aromatic rings. The molecular weight excluding hydrogens is 235 g/mol. The number of hydrogen-bond donors (Lipinski definition) is 0. The van der Waals surface area contributed by atoms with Gasteiger partial charge >= 0.3 is 0 Å². The van der Waals surface area contributed by atoms with E-state index in [4.69, 9.17) is 14.7 Å². The van der Waals surface area contributed by atoms with Gasteiger partial charge in [0, 0.05) is 25.3 Å². The molecule has 1 aliphatic rings. The summed E-state index contributed by atoms with van der Waals surface area (Å²) >= 11 is 0. The van der Waals surface area contributed by atoms with E-state index in [2.05, 4.69) is 6.07 Å². The van der Waals surface area contributed by atoms with Gasteiger partial charge in [0.25, 0.3) is 0 Å². The molecule has 0 aliphatic carbocycles. The van der Waals surface area contributed by atoms with Crippen molar-refractivity contribution in [3.63, 3.8) is 0 Å². The molecule has 2 rings (SSSR count). The first-order valence-corrected chi connectivity index (χ1v) is 5.64.